The normalized spacial score (nSPS) is 9.80. The molecule has 15 heavy (non-hydrogen) atoms. The molecule has 0 atom stereocenters. The summed E-state index contributed by atoms with van der Waals surface area (Å²) in [6, 6.07) is 2.65. The van der Waals surface area contributed by atoms with Gasteiger partial charge in [-0.3, -0.25) is 10.1 Å². The van der Waals surface area contributed by atoms with E-state index in [9.17, 15) is 14.9 Å². The Balaban J connectivity index is 3.33. The first-order valence-electron chi connectivity index (χ1n) is 4.00. The summed E-state index contributed by atoms with van der Waals surface area (Å²) in [5.74, 6) is -0.511. The number of methoxy groups -OCH3 is 1. The summed E-state index contributed by atoms with van der Waals surface area (Å²) in [6.45, 7) is 1.61. The second kappa shape index (κ2) is 4.39. The van der Waals surface area contributed by atoms with Gasteiger partial charge in [-0.1, -0.05) is 0 Å². The monoisotopic (exact) mass is 273 g/mol. The van der Waals surface area contributed by atoms with Crippen LogP contribution in [0.1, 0.15) is 15.9 Å². The molecule has 1 aromatic carbocycles. The first-order chi connectivity index (χ1) is 6.99. The first kappa shape index (κ1) is 11.6. The van der Waals surface area contributed by atoms with Gasteiger partial charge >= 0.3 is 5.97 Å². The van der Waals surface area contributed by atoms with E-state index in [2.05, 4.69) is 20.7 Å². The van der Waals surface area contributed by atoms with Crippen LogP contribution in [0.15, 0.2) is 16.6 Å². The zero-order valence-electron chi connectivity index (χ0n) is 8.11. The lowest BCUT2D eigenvalue weighted by molar-refractivity contribution is -0.385. The molecule has 0 N–H and O–H groups in total. The van der Waals surface area contributed by atoms with Crippen LogP contribution in [-0.2, 0) is 4.74 Å². The minimum absolute atomic E-state index is 0.0693. The van der Waals surface area contributed by atoms with Crippen LogP contribution in [0.2, 0.25) is 0 Å². The SMILES string of the molecule is COC(=O)c1ccc([N+](=O)[O-])c(Br)c1C. The molecule has 5 nitrogen and oxygen atoms in total. The lowest BCUT2D eigenvalue weighted by Gasteiger charge is -2.05. The Morgan fingerprint density at radius 3 is 2.60 bits per heavy atom. The minimum atomic E-state index is -0.516. The van der Waals surface area contributed by atoms with Crippen LogP contribution < -0.4 is 0 Å². The van der Waals surface area contributed by atoms with Crippen molar-refractivity contribution in [1.82, 2.24) is 0 Å². The van der Waals surface area contributed by atoms with Crippen molar-refractivity contribution >= 4 is 27.6 Å². The number of rotatable bonds is 2. The van der Waals surface area contributed by atoms with Crippen molar-refractivity contribution in [3.8, 4) is 0 Å². The van der Waals surface area contributed by atoms with Crippen molar-refractivity contribution in [3.63, 3.8) is 0 Å². The summed E-state index contributed by atoms with van der Waals surface area (Å²) in [4.78, 5) is 21.3. The predicted octanol–water partition coefficient (Wildman–Crippen LogP) is 2.45. The molecule has 80 valence electrons. The van der Waals surface area contributed by atoms with Crippen LogP contribution in [0.5, 0.6) is 0 Å². The second-order valence-corrected chi connectivity index (χ2v) is 3.61. The Hall–Kier alpha value is -1.43. The lowest BCUT2D eigenvalue weighted by Crippen LogP contribution is -2.05. The van der Waals surface area contributed by atoms with Crippen LogP contribution in [-0.4, -0.2) is 18.0 Å². The zero-order valence-corrected chi connectivity index (χ0v) is 9.70. The average molecular weight is 274 g/mol. The van der Waals surface area contributed by atoms with E-state index < -0.39 is 10.9 Å². The van der Waals surface area contributed by atoms with E-state index in [1.165, 1.54) is 19.2 Å². The van der Waals surface area contributed by atoms with Crippen molar-refractivity contribution in [2.24, 2.45) is 0 Å². The van der Waals surface area contributed by atoms with Gasteiger partial charge in [0.25, 0.3) is 5.69 Å². The van der Waals surface area contributed by atoms with Gasteiger partial charge in [-0.25, -0.2) is 4.79 Å². The number of nitrogens with zero attached hydrogens (tertiary/aromatic N) is 1. The van der Waals surface area contributed by atoms with Crippen LogP contribution in [0.25, 0.3) is 0 Å². The van der Waals surface area contributed by atoms with E-state index in [1.54, 1.807) is 6.92 Å². The molecule has 0 saturated heterocycles. The molecule has 1 aromatic rings. The maximum atomic E-state index is 11.3. The van der Waals surface area contributed by atoms with Crippen molar-refractivity contribution in [1.29, 1.82) is 0 Å². The molecule has 0 unspecified atom stereocenters. The van der Waals surface area contributed by atoms with Gasteiger partial charge < -0.3 is 4.74 Å². The topological polar surface area (TPSA) is 69.4 Å². The summed E-state index contributed by atoms with van der Waals surface area (Å²) in [5, 5.41) is 10.6. The van der Waals surface area contributed by atoms with Crippen LogP contribution in [0.3, 0.4) is 0 Å². The molecule has 0 fully saturated rings. The molecule has 0 bridgehead atoms. The maximum Gasteiger partial charge on any atom is 0.338 e. The third-order valence-corrected chi connectivity index (χ3v) is 2.97. The summed E-state index contributed by atoms with van der Waals surface area (Å²) in [7, 11) is 1.26. The lowest BCUT2D eigenvalue weighted by atomic mass is 10.1. The largest absolute Gasteiger partial charge is 0.465 e. The number of halogens is 1. The molecule has 0 saturated carbocycles. The smallest absolute Gasteiger partial charge is 0.338 e. The molecule has 0 amide bonds. The van der Waals surface area contributed by atoms with Gasteiger partial charge in [0.2, 0.25) is 0 Å². The third kappa shape index (κ3) is 2.15. The number of carbonyl (C=O) groups is 1. The highest BCUT2D eigenvalue weighted by atomic mass is 79.9. The molecule has 0 aromatic heterocycles. The molecule has 0 heterocycles. The van der Waals surface area contributed by atoms with Gasteiger partial charge in [0.05, 0.1) is 22.1 Å². The van der Waals surface area contributed by atoms with Gasteiger partial charge in [-0.2, -0.15) is 0 Å². The molecule has 0 radical (unpaired) electrons. The summed E-state index contributed by atoms with van der Waals surface area (Å²) in [6.07, 6.45) is 0. The molecule has 0 aliphatic carbocycles. The maximum absolute atomic E-state index is 11.3. The van der Waals surface area contributed by atoms with E-state index in [0.717, 1.165) is 0 Å². The Morgan fingerprint density at radius 2 is 2.13 bits per heavy atom. The van der Waals surface area contributed by atoms with Crippen molar-refractivity contribution < 1.29 is 14.5 Å². The molecule has 0 aliphatic heterocycles. The molecule has 0 spiro atoms. The van der Waals surface area contributed by atoms with Gasteiger partial charge in [-0.05, 0) is 34.5 Å². The third-order valence-electron chi connectivity index (χ3n) is 1.97. The number of nitro groups is 1. The highest BCUT2D eigenvalue weighted by Crippen LogP contribution is 2.30. The predicted molar refractivity (Wildman–Crippen MR) is 56.9 cm³/mol. The fourth-order valence-electron chi connectivity index (χ4n) is 1.14. The van der Waals surface area contributed by atoms with Crippen molar-refractivity contribution in [2.75, 3.05) is 7.11 Å². The van der Waals surface area contributed by atoms with Crippen LogP contribution in [0.4, 0.5) is 5.69 Å². The summed E-state index contributed by atoms with van der Waals surface area (Å²) < 4.78 is 4.84. The fraction of sp³-hybridized carbons (Fsp3) is 0.222. The van der Waals surface area contributed by atoms with E-state index in [4.69, 9.17) is 0 Å². The summed E-state index contributed by atoms with van der Waals surface area (Å²) >= 11 is 3.08. The molecule has 1 rings (SSSR count). The quantitative estimate of drug-likeness (QED) is 0.472. The summed E-state index contributed by atoms with van der Waals surface area (Å²) in [5.41, 5.74) is 0.742. The van der Waals surface area contributed by atoms with Gasteiger partial charge in [0.15, 0.2) is 0 Å². The number of hydrogen-bond donors (Lipinski definition) is 0. The number of nitro benzene ring substituents is 1. The van der Waals surface area contributed by atoms with Crippen molar-refractivity contribution in [3.05, 3.63) is 37.8 Å². The highest BCUT2D eigenvalue weighted by Gasteiger charge is 2.19. The molecular weight excluding hydrogens is 266 g/mol. The number of benzene rings is 1. The molecule has 6 heteroatoms. The Kier molecular flexibility index (Phi) is 3.41. The van der Waals surface area contributed by atoms with E-state index in [-0.39, 0.29) is 5.69 Å². The average Bonchev–Trinajstić information content (AvgIpc) is 2.20. The van der Waals surface area contributed by atoms with Gasteiger partial charge in [0, 0.05) is 6.07 Å². The fourth-order valence-corrected chi connectivity index (χ4v) is 1.63. The Labute approximate surface area is 94.3 Å². The van der Waals surface area contributed by atoms with E-state index in [0.29, 0.717) is 15.6 Å². The van der Waals surface area contributed by atoms with E-state index >= 15 is 0 Å². The number of esters is 1. The number of hydrogen-bond acceptors (Lipinski definition) is 4. The molecular formula is C9H8BrNO4. The Bertz CT molecular complexity index is 430. The highest BCUT2D eigenvalue weighted by molar-refractivity contribution is 9.10. The van der Waals surface area contributed by atoms with Crippen LogP contribution in [0, 0.1) is 17.0 Å². The minimum Gasteiger partial charge on any atom is -0.465 e. The van der Waals surface area contributed by atoms with E-state index in [1.807, 2.05) is 0 Å². The second-order valence-electron chi connectivity index (χ2n) is 2.82. The molecule has 0 aliphatic rings. The van der Waals surface area contributed by atoms with Crippen molar-refractivity contribution in [2.45, 2.75) is 6.92 Å². The van der Waals surface area contributed by atoms with Gasteiger partial charge in [0.1, 0.15) is 0 Å². The zero-order chi connectivity index (χ0) is 11.6. The first-order valence-corrected chi connectivity index (χ1v) is 4.80. The number of carbonyl (C=O) groups excluding carboxylic acids is 1. The standard InChI is InChI=1S/C9H8BrNO4/c1-5-6(9(12)15-2)3-4-7(8(5)10)11(13)14/h3-4H,1-2H3. The van der Waals surface area contributed by atoms with Gasteiger partial charge in [-0.15, -0.1) is 0 Å². The Morgan fingerprint density at radius 1 is 1.53 bits per heavy atom. The van der Waals surface area contributed by atoms with Crippen LogP contribution >= 0.6 is 15.9 Å². The number of ether oxygens (including phenoxy) is 1.